The monoisotopic (exact) mass is 383 g/mol. The molecular weight excluding hydrogens is 370 g/mol. The molecule has 25 heavy (non-hydrogen) atoms. The number of rotatable bonds is 6. The minimum Gasteiger partial charge on any atom is -0.476 e. The second kappa shape index (κ2) is 6.91. The van der Waals surface area contributed by atoms with Gasteiger partial charge in [0.2, 0.25) is 10.0 Å². The Labute approximate surface area is 149 Å². The number of carboxylic acids is 1. The maximum Gasteiger partial charge on any atom is 0.387 e. The van der Waals surface area contributed by atoms with Gasteiger partial charge in [-0.1, -0.05) is 17.7 Å². The zero-order valence-electron chi connectivity index (χ0n) is 12.8. The summed E-state index contributed by atoms with van der Waals surface area (Å²) in [6.45, 7) is 0.174. The Balaban J connectivity index is 1.61. The summed E-state index contributed by atoms with van der Waals surface area (Å²) in [4.78, 5) is 11.0. The average Bonchev–Trinajstić information content (AvgIpc) is 2.99. The van der Waals surface area contributed by atoms with E-state index in [0.717, 1.165) is 5.56 Å². The Hall–Kier alpha value is -2.29. The topological polar surface area (TPSA) is 102 Å². The van der Waals surface area contributed by atoms with Crippen LogP contribution in [0, 0.1) is 0 Å². The summed E-state index contributed by atoms with van der Waals surface area (Å²) in [5.74, 6) is -0.545. The molecular formula is C16H14ClNO6S. The third-order valence-electron chi connectivity index (χ3n) is 3.51. The minimum atomic E-state index is -3.62. The molecule has 1 unspecified atom stereocenters. The van der Waals surface area contributed by atoms with Crippen LogP contribution in [0.2, 0.25) is 5.02 Å². The lowest BCUT2D eigenvalue weighted by Gasteiger charge is -2.07. The van der Waals surface area contributed by atoms with E-state index in [-0.39, 0.29) is 11.4 Å². The van der Waals surface area contributed by atoms with Gasteiger partial charge in [0.1, 0.15) is 0 Å². The molecule has 7 nitrogen and oxygen atoms in total. The second-order valence-electron chi connectivity index (χ2n) is 5.29. The summed E-state index contributed by atoms with van der Waals surface area (Å²) in [5.41, 5.74) is 0.784. The number of hydrogen-bond donors (Lipinski definition) is 2. The minimum absolute atomic E-state index is 0.131. The molecule has 2 aromatic rings. The molecule has 9 heteroatoms. The van der Waals surface area contributed by atoms with E-state index in [0.29, 0.717) is 22.9 Å². The smallest absolute Gasteiger partial charge is 0.387 e. The SMILES string of the molecule is O=C(O)C1Oc2ccc(CCNS(=O)(=O)c3ccc(Cl)cc3)cc2O1. The van der Waals surface area contributed by atoms with E-state index in [2.05, 4.69) is 4.72 Å². The molecule has 0 spiro atoms. The first-order valence-electron chi connectivity index (χ1n) is 7.29. The molecule has 1 atom stereocenters. The van der Waals surface area contributed by atoms with E-state index in [9.17, 15) is 13.2 Å². The quantitative estimate of drug-likeness (QED) is 0.791. The highest BCUT2D eigenvalue weighted by atomic mass is 35.5. The maximum atomic E-state index is 12.2. The molecule has 0 bridgehead atoms. The Morgan fingerprint density at radius 1 is 1.12 bits per heavy atom. The van der Waals surface area contributed by atoms with Crippen LogP contribution in [0.25, 0.3) is 0 Å². The fourth-order valence-corrected chi connectivity index (χ4v) is 3.44. The fourth-order valence-electron chi connectivity index (χ4n) is 2.28. The number of ether oxygens (including phenoxy) is 2. The van der Waals surface area contributed by atoms with Gasteiger partial charge < -0.3 is 14.6 Å². The maximum absolute atomic E-state index is 12.2. The fraction of sp³-hybridized carbons (Fsp3) is 0.188. The number of carbonyl (C=O) groups is 1. The largest absolute Gasteiger partial charge is 0.476 e. The molecule has 1 aliphatic heterocycles. The number of hydrogen-bond acceptors (Lipinski definition) is 5. The normalized spacial score (nSPS) is 16.0. The number of aliphatic carboxylic acids is 1. The molecule has 0 aromatic heterocycles. The lowest BCUT2D eigenvalue weighted by atomic mass is 10.1. The van der Waals surface area contributed by atoms with Gasteiger partial charge in [0, 0.05) is 11.6 Å². The summed E-state index contributed by atoms with van der Waals surface area (Å²) >= 11 is 5.75. The van der Waals surface area contributed by atoms with Crippen molar-refractivity contribution in [2.24, 2.45) is 0 Å². The molecule has 0 fully saturated rings. The van der Waals surface area contributed by atoms with Crippen molar-refractivity contribution < 1.29 is 27.8 Å². The molecule has 3 rings (SSSR count). The van der Waals surface area contributed by atoms with Crippen LogP contribution in [0.1, 0.15) is 5.56 Å². The van der Waals surface area contributed by atoms with Gasteiger partial charge in [0.15, 0.2) is 11.5 Å². The van der Waals surface area contributed by atoms with E-state index < -0.39 is 22.3 Å². The van der Waals surface area contributed by atoms with Crippen molar-refractivity contribution in [1.29, 1.82) is 0 Å². The van der Waals surface area contributed by atoms with Crippen LogP contribution >= 0.6 is 11.6 Å². The molecule has 0 saturated heterocycles. The molecule has 1 aliphatic rings. The summed E-state index contributed by atoms with van der Waals surface area (Å²) in [5, 5.41) is 9.33. The summed E-state index contributed by atoms with van der Waals surface area (Å²) in [7, 11) is -3.62. The summed E-state index contributed by atoms with van der Waals surface area (Å²) in [6, 6.07) is 10.8. The van der Waals surface area contributed by atoms with Crippen LogP contribution in [0.3, 0.4) is 0 Å². The van der Waals surface area contributed by atoms with E-state index in [4.69, 9.17) is 26.2 Å². The van der Waals surface area contributed by atoms with Gasteiger partial charge in [0.05, 0.1) is 4.90 Å². The van der Waals surface area contributed by atoms with Gasteiger partial charge in [-0.2, -0.15) is 0 Å². The van der Waals surface area contributed by atoms with Crippen molar-refractivity contribution in [2.75, 3.05) is 6.54 Å². The number of benzene rings is 2. The van der Waals surface area contributed by atoms with Crippen LogP contribution in [0.15, 0.2) is 47.4 Å². The van der Waals surface area contributed by atoms with Crippen LogP contribution in [0.4, 0.5) is 0 Å². The van der Waals surface area contributed by atoms with Crippen molar-refractivity contribution in [1.82, 2.24) is 4.72 Å². The van der Waals surface area contributed by atoms with Crippen molar-refractivity contribution in [3.05, 3.63) is 53.1 Å². The molecule has 0 aliphatic carbocycles. The predicted molar refractivity (Wildman–Crippen MR) is 89.5 cm³/mol. The van der Waals surface area contributed by atoms with Crippen molar-refractivity contribution in [3.63, 3.8) is 0 Å². The predicted octanol–water partition coefficient (Wildman–Crippen LogP) is 2.04. The Morgan fingerprint density at radius 3 is 2.48 bits per heavy atom. The standard InChI is InChI=1S/C16H14ClNO6S/c17-11-2-4-12(5-3-11)25(21,22)18-8-7-10-1-6-13-14(9-10)24-16(23-13)15(19)20/h1-6,9,16,18H,7-8H2,(H,19,20). The first-order chi connectivity index (χ1) is 11.8. The molecule has 2 aromatic carbocycles. The van der Waals surface area contributed by atoms with Gasteiger partial charge in [-0.3, -0.25) is 0 Å². The van der Waals surface area contributed by atoms with Crippen LogP contribution in [-0.2, 0) is 21.2 Å². The Bertz CT molecular complexity index is 897. The summed E-state index contributed by atoms with van der Waals surface area (Å²) in [6.07, 6.45) is -0.949. The number of fused-ring (bicyclic) bond motifs is 1. The van der Waals surface area contributed by atoms with Crippen molar-refractivity contribution in [3.8, 4) is 11.5 Å². The molecule has 2 N–H and O–H groups in total. The third kappa shape index (κ3) is 4.04. The van der Waals surface area contributed by atoms with Gasteiger partial charge in [-0.05, 0) is 48.4 Å². The Kier molecular flexibility index (Phi) is 4.85. The second-order valence-corrected chi connectivity index (χ2v) is 7.49. The zero-order valence-corrected chi connectivity index (χ0v) is 14.4. The lowest BCUT2D eigenvalue weighted by Crippen LogP contribution is -2.28. The van der Waals surface area contributed by atoms with Gasteiger partial charge in [-0.25, -0.2) is 17.9 Å². The van der Waals surface area contributed by atoms with Crippen LogP contribution in [-0.4, -0.2) is 32.3 Å². The highest BCUT2D eigenvalue weighted by molar-refractivity contribution is 7.89. The molecule has 0 saturated carbocycles. The van der Waals surface area contributed by atoms with Gasteiger partial charge in [0.25, 0.3) is 0 Å². The summed E-state index contributed by atoms with van der Waals surface area (Å²) < 4.78 is 37.1. The molecule has 132 valence electrons. The number of sulfonamides is 1. The molecule has 0 radical (unpaired) electrons. The van der Waals surface area contributed by atoms with Gasteiger partial charge in [-0.15, -0.1) is 0 Å². The first-order valence-corrected chi connectivity index (χ1v) is 9.15. The van der Waals surface area contributed by atoms with E-state index in [1.165, 1.54) is 24.3 Å². The third-order valence-corrected chi connectivity index (χ3v) is 5.24. The van der Waals surface area contributed by atoms with Gasteiger partial charge >= 0.3 is 12.3 Å². The number of halogens is 1. The number of nitrogens with one attached hydrogen (secondary N) is 1. The zero-order chi connectivity index (χ0) is 18.0. The van der Waals surface area contributed by atoms with Crippen LogP contribution in [0.5, 0.6) is 11.5 Å². The Morgan fingerprint density at radius 2 is 1.80 bits per heavy atom. The molecule has 1 heterocycles. The van der Waals surface area contributed by atoms with Crippen molar-refractivity contribution in [2.45, 2.75) is 17.6 Å². The van der Waals surface area contributed by atoms with E-state index >= 15 is 0 Å². The van der Waals surface area contributed by atoms with Crippen LogP contribution < -0.4 is 14.2 Å². The lowest BCUT2D eigenvalue weighted by molar-refractivity contribution is -0.154. The van der Waals surface area contributed by atoms with E-state index in [1.807, 2.05) is 0 Å². The highest BCUT2D eigenvalue weighted by Crippen LogP contribution is 2.35. The first kappa shape index (κ1) is 17.5. The van der Waals surface area contributed by atoms with E-state index in [1.54, 1.807) is 18.2 Å². The van der Waals surface area contributed by atoms with Crippen molar-refractivity contribution >= 4 is 27.6 Å². The number of carboxylic acid groups (broad SMARTS) is 1. The molecule has 0 amide bonds. The average molecular weight is 384 g/mol. The highest BCUT2D eigenvalue weighted by Gasteiger charge is 2.30.